The lowest BCUT2D eigenvalue weighted by Gasteiger charge is -2.14. The third-order valence-electron chi connectivity index (χ3n) is 4.07. The number of nitrogens with zero attached hydrogens (tertiary/aromatic N) is 3. The van der Waals surface area contributed by atoms with Crippen LogP contribution < -0.4 is 5.32 Å². The SMILES string of the molecule is C=CCn1c(SC(C)C(=O)Nc2cc(C)ccc2C)nnc1-c1ccco1. The third-order valence-corrected chi connectivity index (χ3v) is 5.15. The lowest BCUT2D eigenvalue weighted by Crippen LogP contribution is -2.23. The lowest BCUT2D eigenvalue weighted by molar-refractivity contribution is -0.115. The number of anilines is 1. The van der Waals surface area contributed by atoms with Crippen LogP contribution in [0.4, 0.5) is 5.69 Å². The van der Waals surface area contributed by atoms with Gasteiger partial charge in [0.25, 0.3) is 0 Å². The van der Waals surface area contributed by atoms with Gasteiger partial charge in [0.2, 0.25) is 11.7 Å². The quantitative estimate of drug-likeness (QED) is 0.482. The molecule has 0 aliphatic heterocycles. The molecular weight excluding hydrogens is 360 g/mol. The zero-order valence-corrected chi connectivity index (χ0v) is 16.4. The van der Waals surface area contributed by atoms with Gasteiger partial charge in [-0.1, -0.05) is 30.0 Å². The van der Waals surface area contributed by atoms with Gasteiger partial charge in [0, 0.05) is 12.2 Å². The van der Waals surface area contributed by atoms with Gasteiger partial charge >= 0.3 is 0 Å². The number of thioether (sulfide) groups is 1. The Kier molecular flexibility index (Phi) is 5.81. The first-order chi connectivity index (χ1) is 13.0. The summed E-state index contributed by atoms with van der Waals surface area (Å²) in [5.41, 5.74) is 2.96. The van der Waals surface area contributed by atoms with Crippen LogP contribution in [0.1, 0.15) is 18.1 Å². The molecule has 0 bridgehead atoms. The number of allylic oxidation sites excluding steroid dienone is 1. The van der Waals surface area contributed by atoms with E-state index in [4.69, 9.17) is 4.42 Å². The summed E-state index contributed by atoms with van der Waals surface area (Å²) in [6.07, 6.45) is 3.36. The zero-order chi connectivity index (χ0) is 19.4. The minimum Gasteiger partial charge on any atom is -0.461 e. The van der Waals surface area contributed by atoms with E-state index in [0.717, 1.165) is 16.8 Å². The van der Waals surface area contributed by atoms with Crippen LogP contribution in [0, 0.1) is 13.8 Å². The van der Waals surface area contributed by atoms with E-state index in [-0.39, 0.29) is 11.2 Å². The van der Waals surface area contributed by atoms with Crippen LogP contribution in [-0.2, 0) is 11.3 Å². The molecule has 2 heterocycles. The van der Waals surface area contributed by atoms with Crippen LogP contribution >= 0.6 is 11.8 Å². The van der Waals surface area contributed by atoms with Crippen LogP contribution in [0.3, 0.4) is 0 Å². The van der Waals surface area contributed by atoms with Gasteiger partial charge in [-0.25, -0.2) is 0 Å². The molecule has 3 rings (SSSR count). The van der Waals surface area contributed by atoms with Gasteiger partial charge < -0.3 is 9.73 Å². The minimum absolute atomic E-state index is 0.0820. The van der Waals surface area contributed by atoms with Gasteiger partial charge in [0.05, 0.1) is 11.5 Å². The number of carbonyl (C=O) groups excluding carboxylic acids is 1. The second-order valence-corrected chi connectivity index (χ2v) is 7.56. The van der Waals surface area contributed by atoms with Crippen molar-refractivity contribution in [1.29, 1.82) is 0 Å². The number of furan rings is 1. The molecule has 27 heavy (non-hydrogen) atoms. The highest BCUT2D eigenvalue weighted by Crippen LogP contribution is 2.28. The fraction of sp³-hybridized carbons (Fsp3) is 0.250. The van der Waals surface area contributed by atoms with Crippen molar-refractivity contribution >= 4 is 23.4 Å². The predicted molar refractivity (Wildman–Crippen MR) is 108 cm³/mol. The van der Waals surface area contributed by atoms with Crippen LogP contribution in [0.5, 0.6) is 0 Å². The molecule has 0 fully saturated rings. The summed E-state index contributed by atoms with van der Waals surface area (Å²) in [5.74, 6) is 1.16. The monoisotopic (exact) mass is 382 g/mol. The summed E-state index contributed by atoms with van der Waals surface area (Å²) in [4.78, 5) is 12.7. The summed E-state index contributed by atoms with van der Waals surface area (Å²) < 4.78 is 7.32. The summed E-state index contributed by atoms with van der Waals surface area (Å²) in [5, 5.41) is 11.8. The molecule has 3 aromatic rings. The van der Waals surface area contributed by atoms with E-state index >= 15 is 0 Å². The summed E-state index contributed by atoms with van der Waals surface area (Å²) >= 11 is 1.35. The van der Waals surface area contributed by atoms with E-state index in [1.54, 1.807) is 18.4 Å². The molecular formula is C20H22N4O2S. The van der Waals surface area contributed by atoms with E-state index in [1.807, 2.05) is 49.6 Å². The topological polar surface area (TPSA) is 73.0 Å². The summed E-state index contributed by atoms with van der Waals surface area (Å²) in [7, 11) is 0. The highest BCUT2D eigenvalue weighted by atomic mass is 32.2. The molecule has 1 unspecified atom stereocenters. The molecule has 0 saturated carbocycles. The van der Waals surface area contributed by atoms with Gasteiger partial charge in [-0.05, 0) is 50.1 Å². The first-order valence-corrected chi connectivity index (χ1v) is 9.50. The summed E-state index contributed by atoms with van der Waals surface area (Å²) in [6, 6.07) is 9.63. The van der Waals surface area contributed by atoms with Crippen LogP contribution in [0.15, 0.2) is 58.8 Å². The average molecular weight is 382 g/mol. The molecule has 7 heteroatoms. The number of hydrogen-bond acceptors (Lipinski definition) is 5. The molecule has 1 atom stereocenters. The van der Waals surface area contributed by atoms with Gasteiger partial charge in [-0.3, -0.25) is 9.36 Å². The van der Waals surface area contributed by atoms with Crippen molar-refractivity contribution in [2.24, 2.45) is 0 Å². The van der Waals surface area contributed by atoms with Crippen molar-refractivity contribution in [2.45, 2.75) is 37.7 Å². The Morgan fingerprint density at radius 2 is 2.19 bits per heavy atom. The molecule has 1 amide bonds. The first-order valence-electron chi connectivity index (χ1n) is 8.62. The summed E-state index contributed by atoms with van der Waals surface area (Å²) in [6.45, 7) is 10.1. The molecule has 140 valence electrons. The number of carbonyl (C=O) groups is 1. The lowest BCUT2D eigenvalue weighted by atomic mass is 10.1. The van der Waals surface area contributed by atoms with Crippen LogP contribution in [0.25, 0.3) is 11.6 Å². The molecule has 0 aliphatic rings. The predicted octanol–water partition coefficient (Wildman–Crippen LogP) is 4.46. The Hall–Kier alpha value is -2.80. The number of aromatic nitrogens is 3. The highest BCUT2D eigenvalue weighted by molar-refractivity contribution is 8.00. The van der Waals surface area contributed by atoms with Gasteiger partial charge in [0.1, 0.15) is 0 Å². The number of hydrogen-bond donors (Lipinski definition) is 1. The Bertz CT molecular complexity index is 947. The van der Waals surface area contributed by atoms with Gasteiger partial charge in [0.15, 0.2) is 10.9 Å². The fourth-order valence-electron chi connectivity index (χ4n) is 2.57. The van der Waals surface area contributed by atoms with E-state index in [1.165, 1.54) is 11.8 Å². The number of rotatable bonds is 7. The molecule has 0 spiro atoms. The highest BCUT2D eigenvalue weighted by Gasteiger charge is 2.21. The Morgan fingerprint density at radius 1 is 1.37 bits per heavy atom. The fourth-order valence-corrected chi connectivity index (χ4v) is 3.43. The standard InChI is InChI=1S/C20H22N4O2S/c1-5-10-24-18(17-7-6-11-26-17)22-23-20(24)27-15(4)19(25)21-16-12-13(2)8-9-14(16)3/h5-9,11-12,15H,1,10H2,2-4H3,(H,21,25). The van der Waals surface area contributed by atoms with Crippen molar-refractivity contribution in [2.75, 3.05) is 5.32 Å². The van der Waals surface area contributed by atoms with Gasteiger partial charge in [-0.2, -0.15) is 0 Å². The van der Waals surface area contributed by atoms with E-state index in [2.05, 4.69) is 22.1 Å². The van der Waals surface area contributed by atoms with Crippen molar-refractivity contribution in [3.8, 4) is 11.6 Å². The molecule has 0 saturated heterocycles. The van der Waals surface area contributed by atoms with E-state index in [0.29, 0.717) is 23.3 Å². The molecule has 0 radical (unpaired) electrons. The second-order valence-electron chi connectivity index (χ2n) is 6.25. The number of amides is 1. The average Bonchev–Trinajstić information content (AvgIpc) is 3.29. The van der Waals surface area contributed by atoms with E-state index in [9.17, 15) is 4.79 Å². The number of benzene rings is 1. The Morgan fingerprint density at radius 3 is 2.89 bits per heavy atom. The Balaban J connectivity index is 1.77. The maximum Gasteiger partial charge on any atom is 0.237 e. The first kappa shape index (κ1) is 19.0. The van der Waals surface area contributed by atoms with Crippen LogP contribution in [0.2, 0.25) is 0 Å². The van der Waals surface area contributed by atoms with Crippen molar-refractivity contribution in [1.82, 2.24) is 14.8 Å². The molecule has 2 aromatic heterocycles. The third kappa shape index (κ3) is 4.31. The van der Waals surface area contributed by atoms with Crippen molar-refractivity contribution in [3.63, 3.8) is 0 Å². The Labute approximate surface area is 162 Å². The van der Waals surface area contributed by atoms with Gasteiger partial charge in [-0.15, -0.1) is 16.8 Å². The maximum absolute atomic E-state index is 12.7. The van der Waals surface area contributed by atoms with Crippen LogP contribution in [-0.4, -0.2) is 25.9 Å². The second kappa shape index (κ2) is 8.26. The normalized spacial score (nSPS) is 12.0. The maximum atomic E-state index is 12.7. The minimum atomic E-state index is -0.345. The molecule has 1 N–H and O–H groups in total. The number of nitrogens with one attached hydrogen (secondary N) is 1. The number of aryl methyl sites for hydroxylation is 2. The smallest absolute Gasteiger partial charge is 0.237 e. The molecule has 0 aliphatic carbocycles. The molecule has 1 aromatic carbocycles. The zero-order valence-electron chi connectivity index (χ0n) is 15.6. The van der Waals surface area contributed by atoms with E-state index < -0.39 is 0 Å². The van der Waals surface area contributed by atoms with Crippen molar-refractivity contribution < 1.29 is 9.21 Å². The largest absolute Gasteiger partial charge is 0.461 e. The van der Waals surface area contributed by atoms with Crippen molar-refractivity contribution in [3.05, 3.63) is 60.4 Å². The molecule has 6 nitrogen and oxygen atoms in total.